The molecule has 8 heteroatoms. The Hall–Kier alpha value is -3.19. The smallest absolute Gasteiger partial charge is 0.251 e. The van der Waals surface area contributed by atoms with Crippen molar-refractivity contribution in [2.45, 2.75) is 39.8 Å². The fourth-order valence-electron chi connectivity index (χ4n) is 3.64. The van der Waals surface area contributed by atoms with Crippen LogP contribution in [0.3, 0.4) is 0 Å². The quantitative estimate of drug-likeness (QED) is 0.436. The zero-order valence-corrected chi connectivity index (χ0v) is 18.4. The van der Waals surface area contributed by atoms with Crippen molar-refractivity contribution >= 4 is 28.4 Å². The first-order valence-electron chi connectivity index (χ1n) is 10.5. The Morgan fingerprint density at radius 2 is 2.00 bits per heavy atom. The molecule has 0 aliphatic rings. The number of benzene rings is 2. The number of halogens is 1. The zero-order valence-electron chi connectivity index (χ0n) is 17.6. The molecule has 2 aromatic carbocycles. The van der Waals surface area contributed by atoms with Crippen LogP contribution in [0, 0.1) is 5.92 Å². The van der Waals surface area contributed by atoms with Gasteiger partial charge in [0.25, 0.3) is 5.91 Å². The molecule has 7 nitrogen and oxygen atoms in total. The first-order chi connectivity index (χ1) is 15.1. The van der Waals surface area contributed by atoms with Crippen LogP contribution < -0.4 is 5.32 Å². The number of nitrogens with zero attached hydrogens (tertiary/aromatic N) is 5. The van der Waals surface area contributed by atoms with Crippen molar-refractivity contribution < 1.29 is 4.79 Å². The van der Waals surface area contributed by atoms with Gasteiger partial charge < -0.3 is 5.32 Å². The van der Waals surface area contributed by atoms with E-state index in [2.05, 4.69) is 34.3 Å². The molecule has 0 aliphatic carbocycles. The van der Waals surface area contributed by atoms with Gasteiger partial charge in [-0.3, -0.25) is 9.48 Å². The second-order valence-corrected chi connectivity index (χ2v) is 8.04. The Morgan fingerprint density at radius 1 is 1.16 bits per heavy atom. The number of aromatic nitrogens is 5. The average Bonchev–Trinajstić information content (AvgIpc) is 3.45. The number of rotatable bonds is 8. The highest BCUT2D eigenvalue weighted by molar-refractivity contribution is 6.30. The zero-order chi connectivity index (χ0) is 21.8. The number of carbonyl (C=O) groups is 1. The Kier molecular flexibility index (Phi) is 6.32. The molecule has 2 aromatic heterocycles. The fraction of sp³-hybridized carbons (Fsp3) is 0.304. The van der Waals surface area contributed by atoms with Gasteiger partial charge in [-0.15, -0.1) is 0 Å². The number of carbonyl (C=O) groups excluding carboxylic acids is 1. The highest BCUT2D eigenvalue weighted by Gasteiger charge is 2.12. The van der Waals surface area contributed by atoms with Gasteiger partial charge >= 0.3 is 0 Å². The van der Waals surface area contributed by atoms with E-state index in [4.69, 9.17) is 11.6 Å². The van der Waals surface area contributed by atoms with E-state index < -0.39 is 0 Å². The largest absolute Gasteiger partial charge is 0.348 e. The number of hydrogen-bond acceptors (Lipinski definition) is 4. The Bertz CT molecular complexity index is 1180. The third-order valence-corrected chi connectivity index (χ3v) is 5.80. The second kappa shape index (κ2) is 9.31. The third-order valence-electron chi connectivity index (χ3n) is 5.56. The van der Waals surface area contributed by atoms with Crippen LogP contribution in [0.2, 0.25) is 5.02 Å². The Balaban J connectivity index is 1.50. The molecule has 0 aliphatic heterocycles. The Labute approximate surface area is 186 Å². The molecule has 0 spiro atoms. The number of fused-ring (bicyclic) bond motifs is 1. The topological polar surface area (TPSA) is 77.6 Å². The first kappa shape index (κ1) is 21.1. The van der Waals surface area contributed by atoms with Crippen LogP contribution in [-0.2, 0) is 13.1 Å². The monoisotopic (exact) mass is 436 g/mol. The first-order valence-corrected chi connectivity index (χ1v) is 10.8. The van der Waals surface area contributed by atoms with Crippen LogP contribution >= 0.6 is 11.6 Å². The minimum atomic E-state index is -0.166. The lowest BCUT2D eigenvalue weighted by atomic mass is 10.0. The lowest BCUT2D eigenvalue weighted by Gasteiger charge is -2.11. The molecule has 0 bridgehead atoms. The van der Waals surface area contributed by atoms with Crippen molar-refractivity contribution in [1.82, 2.24) is 29.9 Å². The molecule has 31 heavy (non-hydrogen) atoms. The molecular weight excluding hydrogens is 412 g/mol. The van der Waals surface area contributed by atoms with Crippen LogP contribution in [0.4, 0.5) is 0 Å². The number of hydrogen-bond donors (Lipinski definition) is 1. The van der Waals surface area contributed by atoms with E-state index in [9.17, 15) is 4.79 Å². The summed E-state index contributed by atoms with van der Waals surface area (Å²) in [4.78, 5) is 16.8. The lowest BCUT2D eigenvalue weighted by molar-refractivity contribution is 0.0951. The molecule has 4 aromatic rings. The summed E-state index contributed by atoms with van der Waals surface area (Å²) >= 11 is 6.17. The molecule has 1 N–H and O–H groups in total. The molecule has 1 amide bonds. The van der Waals surface area contributed by atoms with E-state index in [1.807, 2.05) is 41.2 Å². The summed E-state index contributed by atoms with van der Waals surface area (Å²) in [6.07, 6.45) is 7.38. The van der Waals surface area contributed by atoms with Crippen molar-refractivity contribution in [2.75, 3.05) is 0 Å². The summed E-state index contributed by atoms with van der Waals surface area (Å²) in [6.45, 7) is 5.61. The van der Waals surface area contributed by atoms with E-state index >= 15 is 0 Å². The Morgan fingerprint density at radius 3 is 2.74 bits per heavy atom. The van der Waals surface area contributed by atoms with Crippen molar-refractivity contribution in [2.24, 2.45) is 5.92 Å². The predicted octanol–water partition coefficient (Wildman–Crippen LogP) is 4.64. The summed E-state index contributed by atoms with van der Waals surface area (Å²) in [5, 5.41) is 13.4. The fourth-order valence-corrected chi connectivity index (χ4v) is 3.84. The molecule has 4 rings (SSSR count). The summed E-state index contributed by atoms with van der Waals surface area (Å²) < 4.78 is 3.64. The molecular formula is C23H25ClN6O. The van der Waals surface area contributed by atoms with Crippen LogP contribution in [0.1, 0.15) is 42.6 Å². The van der Waals surface area contributed by atoms with E-state index in [-0.39, 0.29) is 5.91 Å². The molecule has 0 saturated carbocycles. The van der Waals surface area contributed by atoms with Crippen LogP contribution in [0.5, 0.6) is 0 Å². The standard InChI is InChI=1S/C23H25ClN6O/c1-3-16(4-2)12-29-13-18-6-5-17(10-21(18)28-29)23(31)26-11-19-9-20(24)7-8-22(19)30-15-25-14-27-30/h5-10,13-16H,3-4,11-12H2,1-2H3,(H,26,31). The van der Waals surface area contributed by atoms with Gasteiger partial charge in [0.15, 0.2) is 0 Å². The van der Waals surface area contributed by atoms with Gasteiger partial charge in [-0.1, -0.05) is 44.4 Å². The van der Waals surface area contributed by atoms with Crippen molar-refractivity contribution in [3.8, 4) is 5.69 Å². The second-order valence-electron chi connectivity index (χ2n) is 7.60. The SMILES string of the molecule is CCC(CC)Cn1cc2ccc(C(=O)NCc3cc(Cl)ccc3-n3cncn3)cc2n1. The van der Waals surface area contributed by atoms with Crippen LogP contribution in [0.15, 0.2) is 55.2 Å². The normalized spacial score (nSPS) is 11.4. The minimum Gasteiger partial charge on any atom is -0.348 e. The van der Waals surface area contributed by atoms with Crippen molar-refractivity contribution in [1.29, 1.82) is 0 Å². The summed E-state index contributed by atoms with van der Waals surface area (Å²) in [5.74, 6) is 0.440. The van der Waals surface area contributed by atoms with Gasteiger partial charge in [-0.25, -0.2) is 9.67 Å². The summed E-state index contributed by atoms with van der Waals surface area (Å²) in [7, 11) is 0. The van der Waals surface area contributed by atoms with E-state index in [1.165, 1.54) is 6.33 Å². The molecule has 0 fully saturated rings. The van der Waals surface area contributed by atoms with Crippen LogP contribution in [-0.4, -0.2) is 30.5 Å². The van der Waals surface area contributed by atoms with Crippen LogP contribution in [0.25, 0.3) is 16.6 Å². The minimum absolute atomic E-state index is 0.166. The van der Waals surface area contributed by atoms with Crippen molar-refractivity contribution in [3.63, 3.8) is 0 Å². The molecule has 2 heterocycles. The summed E-state index contributed by atoms with van der Waals surface area (Å²) in [5.41, 5.74) is 3.06. The highest BCUT2D eigenvalue weighted by Crippen LogP contribution is 2.20. The van der Waals surface area contributed by atoms with Gasteiger partial charge in [0, 0.05) is 35.3 Å². The van der Waals surface area contributed by atoms with Gasteiger partial charge in [-0.2, -0.15) is 10.2 Å². The van der Waals surface area contributed by atoms with Crippen molar-refractivity contribution in [3.05, 3.63) is 71.4 Å². The van der Waals surface area contributed by atoms with Gasteiger partial charge in [-0.05, 0) is 41.8 Å². The maximum absolute atomic E-state index is 12.8. The molecule has 0 atom stereocenters. The maximum atomic E-state index is 12.8. The van der Waals surface area contributed by atoms with E-state index in [0.717, 1.165) is 41.5 Å². The number of amides is 1. The molecule has 0 saturated heterocycles. The summed E-state index contributed by atoms with van der Waals surface area (Å²) in [6, 6.07) is 11.1. The van der Waals surface area contributed by atoms with Gasteiger partial charge in [0.05, 0.1) is 11.2 Å². The average molecular weight is 437 g/mol. The maximum Gasteiger partial charge on any atom is 0.251 e. The molecule has 0 radical (unpaired) electrons. The predicted molar refractivity (Wildman–Crippen MR) is 121 cm³/mol. The van der Waals surface area contributed by atoms with E-state index in [0.29, 0.717) is 23.0 Å². The number of nitrogens with one attached hydrogen (secondary N) is 1. The lowest BCUT2D eigenvalue weighted by Crippen LogP contribution is -2.23. The van der Waals surface area contributed by atoms with E-state index in [1.54, 1.807) is 17.1 Å². The molecule has 0 unspecified atom stereocenters. The van der Waals surface area contributed by atoms with Gasteiger partial charge in [0.1, 0.15) is 12.7 Å². The van der Waals surface area contributed by atoms with Gasteiger partial charge in [0.2, 0.25) is 0 Å². The molecule has 160 valence electrons. The highest BCUT2D eigenvalue weighted by atomic mass is 35.5. The third kappa shape index (κ3) is 4.77.